The summed E-state index contributed by atoms with van der Waals surface area (Å²) in [7, 11) is 0. The van der Waals surface area contributed by atoms with Crippen LogP contribution in [0.1, 0.15) is 30.3 Å². The van der Waals surface area contributed by atoms with Crippen molar-refractivity contribution in [3.8, 4) is 5.88 Å². The molecule has 0 aliphatic rings. The summed E-state index contributed by atoms with van der Waals surface area (Å²) in [4.78, 5) is 7.65. The quantitative estimate of drug-likeness (QED) is 0.505. The lowest BCUT2D eigenvalue weighted by molar-refractivity contribution is 0.106. The van der Waals surface area contributed by atoms with Crippen molar-refractivity contribution in [2.45, 2.75) is 25.5 Å². The first-order valence-corrected chi connectivity index (χ1v) is 9.04. The van der Waals surface area contributed by atoms with Crippen LogP contribution in [-0.2, 0) is 11.3 Å². The van der Waals surface area contributed by atoms with E-state index in [1.165, 1.54) is 0 Å². The van der Waals surface area contributed by atoms with Crippen LogP contribution in [0.25, 0.3) is 4.85 Å². The highest BCUT2D eigenvalue weighted by Crippen LogP contribution is 2.18. The molecule has 0 saturated heterocycles. The monoisotopic (exact) mass is 378 g/mol. The van der Waals surface area contributed by atoms with Gasteiger partial charge in [-0.2, -0.15) is 0 Å². The first kappa shape index (κ1) is 19.5. The number of hydrogen-bond acceptors (Lipinski definition) is 6. The van der Waals surface area contributed by atoms with Crippen LogP contribution in [0.3, 0.4) is 0 Å². The van der Waals surface area contributed by atoms with Crippen LogP contribution in [0.5, 0.6) is 5.88 Å². The minimum absolute atomic E-state index is 0.0261. The Kier molecular flexibility index (Phi) is 7.04. The highest BCUT2D eigenvalue weighted by molar-refractivity contribution is 5.13. The Hall–Kier alpha value is -3.31. The third-order valence-electron chi connectivity index (χ3n) is 4.15. The zero-order valence-corrected chi connectivity index (χ0v) is 15.7. The van der Waals surface area contributed by atoms with Crippen LogP contribution in [0, 0.1) is 6.57 Å². The molecule has 0 N–H and O–H groups in total. The lowest BCUT2D eigenvalue weighted by atomic mass is 10.1. The van der Waals surface area contributed by atoms with E-state index in [4.69, 9.17) is 16.0 Å². The molecular weight excluding hydrogens is 356 g/mol. The van der Waals surface area contributed by atoms with Gasteiger partial charge in [-0.25, -0.2) is 16.2 Å². The smallest absolute Gasteiger partial charge is 0.240 e. The van der Waals surface area contributed by atoms with E-state index in [0.717, 1.165) is 5.56 Å². The molecule has 3 aromatic rings. The molecule has 0 aliphatic heterocycles. The van der Waals surface area contributed by atoms with E-state index in [0.29, 0.717) is 24.9 Å². The molecule has 0 bridgehead atoms. The summed E-state index contributed by atoms with van der Waals surface area (Å²) < 4.78 is 13.2. The molecule has 3 rings (SSSR count). The Morgan fingerprint density at radius 1 is 1.11 bits per heavy atom. The Labute approximate surface area is 163 Å². The van der Waals surface area contributed by atoms with Crippen molar-refractivity contribution in [2.75, 3.05) is 19.8 Å². The first-order chi connectivity index (χ1) is 13.8. The maximum absolute atomic E-state index is 7.25. The largest absolute Gasteiger partial charge is 0.475 e. The Morgan fingerprint density at radius 2 is 1.93 bits per heavy atom. The fourth-order valence-corrected chi connectivity index (χ4v) is 2.71. The summed E-state index contributed by atoms with van der Waals surface area (Å²) in [6.45, 7) is 10.7. The molecule has 8 nitrogen and oxygen atoms in total. The number of aromatic nitrogens is 5. The second kappa shape index (κ2) is 10.1. The molecule has 0 unspecified atom stereocenters. The van der Waals surface area contributed by atoms with Crippen LogP contribution in [0.2, 0.25) is 0 Å². The van der Waals surface area contributed by atoms with E-state index in [9.17, 15) is 0 Å². The van der Waals surface area contributed by atoms with Gasteiger partial charge in [0.1, 0.15) is 6.61 Å². The van der Waals surface area contributed by atoms with Crippen molar-refractivity contribution in [2.24, 2.45) is 0 Å². The van der Waals surface area contributed by atoms with E-state index >= 15 is 0 Å². The zero-order chi connectivity index (χ0) is 19.6. The van der Waals surface area contributed by atoms with E-state index in [1.54, 1.807) is 16.9 Å². The molecule has 0 aliphatic carbocycles. The summed E-state index contributed by atoms with van der Waals surface area (Å²) in [5.41, 5.74) is 1.11. The molecule has 0 radical (unpaired) electrons. The maximum Gasteiger partial charge on any atom is 0.240 e. The fraction of sp³-hybridized carbons (Fsp3) is 0.350. The van der Waals surface area contributed by atoms with E-state index in [1.807, 2.05) is 49.4 Å². The summed E-state index contributed by atoms with van der Waals surface area (Å²) >= 11 is 0. The van der Waals surface area contributed by atoms with E-state index < -0.39 is 0 Å². The molecule has 2 aromatic heterocycles. The van der Waals surface area contributed by atoms with Gasteiger partial charge in [0.2, 0.25) is 12.4 Å². The number of ether oxygens (including phenoxy) is 2. The minimum atomic E-state index is -0.305. The van der Waals surface area contributed by atoms with Crippen molar-refractivity contribution in [1.82, 2.24) is 25.2 Å². The van der Waals surface area contributed by atoms with Gasteiger partial charge in [-0.3, -0.25) is 0 Å². The van der Waals surface area contributed by atoms with Crippen LogP contribution in [-0.4, -0.2) is 44.9 Å². The zero-order valence-electron chi connectivity index (χ0n) is 15.7. The predicted molar refractivity (Wildman–Crippen MR) is 103 cm³/mol. The maximum atomic E-state index is 7.25. The number of pyridine rings is 1. The van der Waals surface area contributed by atoms with E-state index in [2.05, 4.69) is 25.4 Å². The normalized spacial score (nSPS) is 12.9. The van der Waals surface area contributed by atoms with Gasteiger partial charge in [0.15, 0.2) is 11.9 Å². The first-order valence-electron chi connectivity index (χ1n) is 9.04. The Balaban J connectivity index is 1.61. The second-order valence-corrected chi connectivity index (χ2v) is 6.36. The Bertz CT molecular complexity index is 878. The van der Waals surface area contributed by atoms with Gasteiger partial charge in [0.25, 0.3) is 0 Å². The molecule has 28 heavy (non-hydrogen) atoms. The van der Waals surface area contributed by atoms with Crippen molar-refractivity contribution in [1.29, 1.82) is 0 Å². The van der Waals surface area contributed by atoms with Crippen LogP contribution in [0.15, 0.2) is 54.7 Å². The van der Waals surface area contributed by atoms with Gasteiger partial charge in [-0.15, -0.1) is 5.10 Å². The molecule has 0 spiro atoms. The molecular formula is C20H22N6O2. The van der Waals surface area contributed by atoms with Crippen molar-refractivity contribution < 1.29 is 9.47 Å². The summed E-state index contributed by atoms with van der Waals surface area (Å²) in [5, 5.41) is 12.0. The number of hydrogen-bond donors (Lipinski definition) is 0. The standard InChI is InChI=1S/C20H22N6O2/c1-16(13-27-14-17-8-4-3-5-9-17)20-23-24-25-26(20)18(12-21-2)15-28-19-10-6-7-11-22-19/h3-11,16,18H,12-15H2,1H3/t16-,18-/m1/s1. The van der Waals surface area contributed by atoms with Crippen molar-refractivity contribution in [3.05, 3.63) is 77.5 Å². The number of benzene rings is 1. The molecule has 2 atom stereocenters. The highest BCUT2D eigenvalue weighted by atomic mass is 16.5. The fourth-order valence-electron chi connectivity index (χ4n) is 2.71. The van der Waals surface area contributed by atoms with Crippen LogP contribution < -0.4 is 4.74 Å². The lowest BCUT2D eigenvalue weighted by Crippen LogP contribution is -2.25. The minimum Gasteiger partial charge on any atom is -0.475 e. The molecule has 144 valence electrons. The average molecular weight is 378 g/mol. The van der Waals surface area contributed by atoms with Gasteiger partial charge < -0.3 is 14.3 Å². The predicted octanol–water partition coefficient (Wildman–Crippen LogP) is 2.93. The van der Waals surface area contributed by atoms with E-state index in [-0.39, 0.29) is 25.1 Å². The number of nitrogens with zero attached hydrogens (tertiary/aromatic N) is 6. The number of tetrazole rings is 1. The third kappa shape index (κ3) is 5.34. The van der Waals surface area contributed by atoms with Crippen molar-refractivity contribution >= 4 is 0 Å². The van der Waals surface area contributed by atoms with Crippen molar-refractivity contribution in [3.63, 3.8) is 0 Å². The SMILES string of the molecule is [C-]#[N+]C[C@H](COc1ccccn1)n1nnnc1[C@H](C)COCc1ccccc1. The number of rotatable bonds is 10. The van der Waals surface area contributed by atoms with Gasteiger partial charge in [-0.05, 0) is 22.1 Å². The molecule has 0 amide bonds. The molecule has 8 heteroatoms. The Morgan fingerprint density at radius 3 is 2.68 bits per heavy atom. The van der Waals surface area contributed by atoms with Gasteiger partial charge in [-0.1, -0.05) is 43.3 Å². The van der Waals surface area contributed by atoms with Gasteiger partial charge in [0.05, 0.1) is 13.2 Å². The second-order valence-electron chi connectivity index (χ2n) is 6.36. The molecule has 0 saturated carbocycles. The summed E-state index contributed by atoms with van der Waals surface area (Å²) in [6.07, 6.45) is 1.66. The van der Waals surface area contributed by atoms with Gasteiger partial charge >= 0.3 is 0 Å². The molecule has 2 heterocycles. The topological polar surface area (TPSA) is 79.3 Å². The molecule has 0 fully saturated rings. The van der Waals surface area contributed by atoms with Gasteiger partial charge in [0, 0.05) is 18.2 Å². The highest BCUT2D eigenvalue weighted by Gasteiger charge is 2.24. The molecule has 1 aromatic carbocycles. The average Bonchev–Trinajstić information content (AvgIpc) is 3.22. The lowest BCUT2D eigenvalue weighted by Gasteiger charge is -2.17. The summed E-state index contributed by atoms with van der Waals surface area (Å²) in [5.74, 6) is 1.15. The third-order valence-corrected chi connectivity index (χ3v) is 4.15. The van der Waals surface area contributed by atoms with Crippen LogP contribution in [0.4, 0.5) is 0 Å². The summed E-state index contributed by atoms with van der Waals surface area (Å²) in [6, 6.07) is 15.1. The van der Waals surface area contributed by atoms with Crippen LogP contribution >= 0.6 is 0 Å².